The van der Waals surface area contributed by atoms with Gasteiger partial charge >= 0.3 is 3.18 Å². The summed E-state index contributed by atoms with van der Waals surface area (Å²) in [7, 11) is 3.20. The second-order valence-corrected chi connectivity index (χ2v) is 31.0. The van der Waals surface area contributed by atoms with E-state index in [0.717, 1.165) is 62.5 Å². The lowest BCUT2D eigenvalue weighted by Crippen LogP contribution is -2.60. The van der Waals surface area contributed by atoms with E-state index < -0.39 is 0 Å². The Morgan fingerprint density at radius 1 is 0.571 bits per heavy atom. The van der Waals surface area contributed by atoms with Crippen LogP contribution in [0.15, 0.2) is 84.9 Å². The van der Waals surface area contributed by atoms with E-state index in [4.69, 9.17) is 32.7 Å². The number of amides is 2. The van der Waals surface area contributed by atoms with Gasteiger partial charge in [-0.2, -0.15) is 0 Å². The fraction of sp³-hybridized carbons (Fsp3) is 0.541. The zero-order chi connectivity index (χ0) is 57.4. The van der Waals surface area contributed by atoms with E-state index in [-0.39, 0.29) is 107 Å². The van der Waals surface area contributed by atoms with Crippen LogP contribution in [-0.4, -0.2) is 68.4 Å². The summed E-state index contributed by atoms with van der Waals surface area (Å²) in [5, 5.41) is 26.9. The van der Waals surface area contributed by atoms with Crippen molar-refractivity contribution in [2.24, 2.45) is 57.2 Å². The van der Waals surface area contributed by atoms with Crippen molar-refractivity contribution < 1.29 is 38.9 Å². The van der Waals surface area contributed by atoms with Crippen LogP contribution in [-0.2, 0) is 0 Å². The number of ketones is 2. The minimum Gasteiger partial charge on any atom is -0.508 e. The second-order valence-electron chi connectivity index (χ2n) is 23.8. The molecule has 4 fully saturated rings. The van der Waals surface area contributed by atoms with Crippen LogP contribution in [0.4, 0.5) is 0 Å². The molecule has 8 rings (SSSR count). The summed E-state index contributed by atoms with van der Waals surface area (Å²) in [4.78, 5) is 54.7. The topological polar surface area (TPSA) is 151 Å². The van der Waals surface area contributed by atoms with Gasteiger partial charge in [-0.05, 0) is 146 Å². The summed E-state index contributed by atoms with van der Waals surface area (Å²) in [5.41, 5.74) is 4.17. The number of fused-ring (bicyclic) bond motifs is 2. The molecule has 4 aliphatic rings. The third-order valence-corrected chi connectivity index (χ3v) is 17.9. The van der Waals surface area contributed by atoms with Crippen molar-refractivity contribution in [3.05, 3.63) is 118 Å². The third-order valence-electron chi connectivity index (χ3n) is 17.9. The number of ether oxygens (including phenoxy) is 2. The number of alkyl halides is 2. The highest BCUT2D eigenvalue weighted by Gasteiger charge is 2.60. The molecule has 0 bridgehead atoms. The van der Waals surface area contributed by atoms with Gasteiger partial charge in [-0.3, -0.25) is 19.2 Å². The first-order chi connectivity index (χ1) is 36.1. The minimum atomic E-state index is -0.338. The molecule has 420 valence electrons. The Morgan fingerprint density at radius 2 is 0.896 bits per heavy atom. The number of hydrogen-bond donors (Lipinski definition) is 4. The zero-order valence-corrected chi connectivity index (χ0v) is 53.1. The van der Waals surface area contributed by atoms with Gasteiger partial charge in [0.25, 0.3) is 11.8 Å². The van der Waals surface area contributed by atoms with Gasteiger partial charge in [0.2, 0.25) is 0 Å². The number of hydrogen-bond acceptors (Lipinski definition) is 8. The largest absolute Gasteiger partial charge is 0.508 e. The van der Waals surface area contributed by atoms with Crippen molar-refractivity contribution in [3.63, 3.8) is 0 Å². The molecule has 2 amide bonds. The van der Waals surface area contributed by atoms with E-state index in [2.05, 4.69) is 113 Å². The van der Waals surface area contributed by atoms with E-state index in [9.17, 15) is 29.4 Å². The molecule has 4 aromatic carbocycles. The summed E-state index contributed by atoms with van der Waals surface area (Å²) < 4.78 is 11.2. The molecular weight excluding hydrogens is 1210 g/mol. The number of carbonyl (C=O) groups excluding carboxylic acids is 4. The molecule has 0 spiro atoms. The second kappa shape index (κ2) is 27.3. The number of carbonyl (C=O) groups is 4. The van der Waals surface area contributed by atoms with Crippen LogP contribution >= 0.6 is 70.5 Å². The fourth-order valence-electron chi connectivity index (χ4n) is 14.3. The first-order valence-corrected chi connectivity index (χ1v) is 30.5. The standard InChI is InChI=1S/C31H41NO4.C29H37NO4.CH2Cl2.BBr3/c1-19-9-11-21(12-10-19)29(34)32-25-18-26-30(3,4)13-8-14-31(26,5)27(20(25)2)28(33)22-15-23(35-6)17-24(16-22)36-7;1-17-7-9-19(10-8-17)27(34)30-23-16-24-28(3,4)11-6-12-29(24,5)25(18(23)2)26(33)20-13-21(31)15-22(32)14-20;2-1-3;2-1(3)4/h9-12,15-17,20,25-27H,8,13-14,18H2,1-7H3,(H,32,34);7-10,13-15,18,23-25,31-32H,6,11-12,16H2,1-5H3,(H,30,34);1H2;/t20-,25-,26+,27-,31+;18-,23-,24+,25-,29+;;/m11../s1. The van der Waals surface area contributed by atoms with Gasteiger partial charge in [0.05, 0.1) is 19.6 Å². The summed E-state index contributed by atoms with van der Waals surface area (Å²) in [6.07, 6.45) is 8.07. The van der Waals surface area contributed by atoms with Crippen LogP contribution in [0, 0.1) is 71.0 Å². The van der Waals surface area contributed by atoms with Crippen LogP contribution < -0.4 is 20.1 Å². The lowest BCUT2D eigenvalue weighted by molar-refractivity contribution is -0.0904. The molecule has 0 saturated heterocycles. The molecule has 16 heteroatoms. The Morgan fingerprint density at radius 3 is 1.22 bits per heavy atom. The number of halogens is 5. The molecule has 10 nitrogen and oxygen atoms in total. The van der Waals surface area contributed by atoms with E-state index in [1.54, 1.807) is 20.3 Å². The molecule has 10 atom stereocenters. The highest BCUT2D eigenvalue weighted by atomic mass is 79.9. The molecule has 4 N–H and O–H groups in total. The number of nitrogens with one attached hydrogen (secondary N) is 2. The molecule has 4 saturated carbocycles. The smallest absolute Gasteiger partial charge is 0.369 e. The van der Waals surface area contributed by atoms with E-state index in [1.807, 2.05) is 74.5 Å². The summed E-state index contributed by atoms with van der Waals surface area (Å²) in [5.74, 6) is 0.724. The number of phenols is 2. The normalized spacial score (nSPS) is 27.5. The molecule has 4 aliphatic carbocycles. The van der Waals surface area contributed by atoms with Crippen LogP contribution in [0.2, 0.25) is 0 Å². The molecule has 4 aromatic rings. The van der Waals surface area contributed by atoms with Gasteiger partial charge in [-0.1, -0.05) is 104 Å². The summed E-state index contributed by atoms with van der Waals surface area (Å²) in [6.45, 7) is 22.0. The van der Waals surface area contributed by atoms with Crippen molar-refractivity contribution in [2.45, 2.75) is 133 Å². The monoisotopic (exact) mass is 1290 g/mol. The SMILES string of the molecule is BrB(Br)Br.COc1cc(OC)cc(C(=O)[C@H]2[C@H](C)[C@H](NC(=O)c3ccc(C)cc3)C[C@H]3C(C)(C)CCC[C@]23C)c1.Cc1ccc(C(=O)N[C@@H]2C[C@H]3C(C)(C)CCC[C@]3(C)[C@@H](C(=O)c3cc(O)cc(O)c3)[C@@H]2C)cc1.ClCCl. The number of Topliss-reactive ketones (excluding diaryl/α,β-unsaturated/α-hetero) is 2. The number of methoxy groups -OCH3 is 2. The van der Waals surface area contributed by atoms with Crippen LogP contribution in [0.5, 0.6) is 23.0 Å². The van der Waals surface area contributed by atoms with Gasteiger partial charge in [-0.25, -0.2) is 0 Å². The van der Waals surface area contributed by atoms with Crippen molar-refractivity contribution >= 4 is 97.0 Å². The maximum absolute atomic E-state index is 14.3. The van der Waals surface area contributed by atoms with Gasteiger partial charge < -0.3 is 30.3 Å². The number of aromatic hydroxyl groups is 2. The molecule has 77 heavy (non-hydrogen) atoms. The lowest BCUT2D eigenvalue weighted by atomic mass is 9.45. The van der Waals surface area contributed by atoms with E-state index in [0.29, 0.717) is 39.7 Å². The Kier molecular flexibility index (Phi) is 22.8. The lowest BCUT2D eigenvalue weighted by Gasteiger charge is -2.60. The Bertz CT molecular complexity index is 2630. The van der Waals surface area contributed by atoms with Crippen molar-refractivity contribution in [1.29, 1.82) is 0 Å². The first-order valence-electron chi connectivity index (χ1n) is 26.7. The molecule has 0 radical (unpaired) electrons. The summed E-state index contributed by atoms with van der Waals surface area (Å²) >= 11 is 18.8. The van der Waals surface area contributed by atoms with Crippen molar-refractivity contribution in [3.8, 4) is 23.0 Å². The number of benzene rings is 4. The maximum Gasteiger partial charge on any atom is 0.369 e. The van der Waals surface area contributed by atoms with Crippen molar-refractivity contribution in [2.75, 3.05) is 19.6 Å². The van der Waals surface area contributed by atoms with Gasteiger partial charge in [0.1, 0.15) is 23.0 Å². The maximum atomic E-state index is 14.3. The molecule has 0 heterocycles. The Labute approximate surface area is 493 Å². The quantitative estimate of drug-likeness (QED) is 0.0696. The average Bonchev–Trinajstić information content (AvgIpc) is 3.35. The fourth-order valence-corrected chi connectivity index (χ4v) is 14.3. The van der Waals surface area contributed by atoms with E-state index >= 15 is 0 Å². The number of aryl methyl sites for hydroxylation is 2. The molecular formula is C61H80BBr3Cl2N2O8. The third kappa shape index (κ3) is 15.5. The zero-order valence-electron chi connectivity index (χ0n) is 46.9. The van der Waals surface area contributed by atoms with Gasteiger partial charge in [0, 0.05) is 58.3 Å². The van der Waals surface area contributed by atoms with Gasteiger partial charge in [0.15, 0.2) is 11.6 Å². The highest BCUT2D eigenvalue weighted by molar-refractivity contribution is 9.69. The first kappa shape index (κ1) is 64.3. The molecule has 0 unspecified atom stereocenters. The molecule has 0 aromatic heterocycles. The Balaban J connectivity index is 0.000000254. The highest BCUT2D eigenvalue weighted by Crippen LogP contribution is 2.63. The van der Waals surface area contributed by atoms with Crippen LogP contribution in [0.1, 0.15) is 159 Å². The van der Waals surface area contributed by atoms with Crippen LogP contribution in [0.3, 0.4) is 0 Å². The number of phenolic OH excluding ortho intramolecular Hbond substituents is 2. The minimum absolute atomic E-state index is 0.0146. The predicted octanol–water partition coefficient (Wildman–Crippen LogP) is 15.9. The average molecular weight is 1290 g/mol. The Hall–Kier alpha value is -3.56. The summed E-state index contributed by atoms with van der Waals surface area (Å²) in [6, 6.07) is 24.5. The van der Waals surface area contributed by atoms with Gasteiger partial charge in [-0.15, -0.1) is 70.5 Å². The molecule has 0 aliphatic heterocycles. The van der Waals surface area contributed by atoms with Crippen molar-refractivity contribution in [1.82, 2.24) is 10.6 Å². The number of rotatable bonds is 10. The van der Waals surface area contributed by atoms with Crippen LogP contribution in [0.25, 0.3) is 0 Å². The predicted molar refractivity (Wildman–Crippen MR) is 325 cm³/mol. The van der Waals surface area contributed by atoms with E-state index in [1.165, 1.54) is 18.2 Å².